The van der Waals surface area contributed by atoms with E-state index >= 15 is 0 Å². The van der Waals surface area contributed by atoms with Crippen molar-refractivity contribution in [1.82, 2.24) is 4.31 Å². The fraction of sp³-hybridized carbons (Fsp3) is 0.238. The summed E-state index contributed by atoms with van der Waals surface area (Å²) in [6.45, 7) is 2.09. The molecule has 0 unspecified atom stereocenters. The molecule has 1 aliphatic rings. The van der Waals surface area contributed by atoms with Crippen LogP contribution in [0.25, 0.3) is 10.8 Å². The number of piperazine rings is 1. The number of hydrogen-bond acceptors (Lipinski definition) is 4. The third kappa shape index (κ3) is 3.43. The van der Waals surface area contributed by atoms with Crippen molar-refractivity contribution in [3.63, 3.8) is 0 Å². The molecular weight excluding hydrogens is 396 g/mol. The molecule has 3 aromatic rings. The molecule has 0 saturated carbocycles. The second-order valence-electron chi connectivity index (χ2n) is 6.68. The summed E-state index contributed by atoms with van der Waals surface area (Å²) in [5.74, 6) is 0.667. The van der Waals surface area contributed by atoms with Crippen LogP contribution in [0, 0.1) is 0 Å². The van der Waals surface area contributed by atoms with Crippen LogP contribution in [0.2, 0.25) is 5.02 Å². The van der Waals surface area contributed by atoms with Crippen molar-refractivity contribution in [2.75, 3.05) is 38.2 Å². The van der Waals surface area contributed by atoms with Gasteiger partial charge < -0.3 is 9.64 Å². The average molecular weight is 417 g/mol. The molecule has 0 aromatic heterocycles. The lowest BCUT2D eigenvalue weighted by molar-refractivity contribution is 0.385. The molecule has 1 fully saturated rings. The van der Waals surface area contributed by atoms with E-state index in [1.807, 2.05) is 48.5 Å². The summed E-state index contributed by atoms with van der Waals surface area (Å²) >= 11 is 6.08. The molecule has 3 aromatic carbocycles. The van der Waals surface area contributed by atoms with Crippen LogP contribution < -0.4 is 9.64 Å². The Bertz CT molecular complexity index is 1110. The number of sulfonamides is 1. The first kappa shape index (κ1) is 19.1. The quantitative estimate of drug-likeness (QED) is 0.644. The highest BCUT2D eigenvalue weighted by Gasteiger charge is 2.30. The lowest BCUT2D eigenvalue weighted by Gasteiger charge is -2.35. The molecule has 0 spiro atoms. The molecule has 1 heterocycles. The van der Waals surface area contributed by atoms with E-state index in [0.29, 0.717) is 47.2 Å². The predicted molar refractivity (Wildman–Crippen MR) is 113 cm³/mol. The highest BCUT2D eigenvalue weighted by atomic mass is 35.5. The Kier molecular flexibility index (Phi) is 5.19. The van der Waals surface area contributed by atoms with Crippen molar-refractivity contribution < 1.29 is 13.2 Å². The molecule has 0 amide bonds. The van der Waals surface area contributed by atoms with Gasteiger partial charge in [-0.25, -0.2) is 8.42 Å². The van der Waals surface area contributed by atoms with Crippen LogP contribution in [-0.4, -0.2) is 46.0 Å². The molecule has 0 radical (unpaired) electrons. The summed E-state index contributed by atoms with van der Waals surface area (Å²) in [6, 6.07) is 18.4. The second kappa shape index (κ2) is 7.62. The molecule has 0 aliphatic carbocycles. The number of ether oxygens (including phenoxy) is 1. The second-order valence-corrected chi connectivity index (χ2v) is 9.03. The Hall–Kier alpha value is -2.28. The highest BCUT2D eigenvalue weighted by Crippen LogP contribution is 2.33. The van der Waals surface area contributed by atoms with Crippen molar-refractivity contribution in [2.45, 2.75) is 4.90 Å². The maximum absolute atomic E-state index is 13.3. The molecule has 7 heteroatoms. The van der Waals surface area contributed by atoms with Crippen LogP contribution in [0.3, 0.4) is 0 Å². The van der Waals surface area contributed by atoms with Gasteiger partial charge in [-0.05, 0) is 30.3 Å². The maximum Gasteiger partial charge on any atom is 0.243 e. The minimum atomic E-state index is -3.60. The SMILES string of the molecule is COc1ccc(S(=O)(=O)N2CCN(c3cccc(Cl)c3)CC2)c2ccccc12. The first-order valence-electron chi connectivity index (χ1n) is 9.07. The van der Waals surface area contributed by atoms with Crippen molar-refractivity contribution in [3.05, 3.63) is 65.7 Å². The number of fused-ring (bicyclic) bond motifs is 1. The van der Waals surface area contributed by atoms with Crippen molar-refractivity contribution >= 4 is 38.1 Å². The van der Waals surface area contributed by atoms with Gasteiger partial charge in [0.05, 0.1) is 12.0 Å². The largest absolute Gasteiger partial charge is 0.496 e. The molecule has 0 atom stereocenters. The van der Waals surface area contributed by atoms with Crippen LogP contribution >= 0.6 is 11.6 Å². The van der Waals surface area contributed by atoms with Gasteiger partial charge in [-0.1, -0.05) is 41.9 Å². The number of halogens is 1. The molecule has 5 nitrogen and oxygen atoms in total. The smallest absolute Gasteiger partial charge is 0.243 e. The van der Waals surface area contributed by atoms with Gasteiger partial charge >= 0.3 is 0 Å². The lowest BCUT2D eigenvalue weighted by atomic mass is 10.1. The van der Waals surface area contributed by atoms with E-state index in [-0.39, 0.29) is 0 Å². The van der Waals surface area contributed by atoms with Gasteiger partial charge in [0, 0.05) is 47.7 Å². The van der Waals surface area contributed by atoms with E-state index < -0.39 is 10.0 Å². The Morgan fingerprint density at radius 2 is 1.61 bits per heavy atom. The summed E-state index contributed by atoms with van der Waals surface area (Å²) in [5, 5.41) is 2.15. The Balaban J connectivity index is 1.61. The summed E-state index contributed by atoms with van der Waals surface area (Å²) in [5.41, 5.74) is 1.01. The van der Waals surface area contributed by atoms with E-state index in [0.717, 1.165) is 11.1 Å². The van der Waals surface area contributed by atoms with E-state index in [9.17, 15) is 8.42 Å². The van der Waals surface area contributed by atoms with Gasteiger partial charge in [0.2, 0.25) is 10.0 Å². The molecule has 0 bridgehead atoms. The summed E-state index contributed by atoms with van der Waals surface area (Å²) in [7, 11) is -2.01. The van der Waals surface area contributed by atoms with Crippen molar-refractivity contribution in [2.24, 2.45) is 0 Å². The van der Waals surface area contributed by atoms with E-state index in [4.69, 9.17) is 16.3 Å². The van der Waals surface area contributed by atoms with E-state index in [1.54, 1.807) is 23.5 Å². The standard InChI is InChI=1S/C21H21ClN2O3S/c1-27-20-9-10-21(19-8-3-2-7-18(19)20)28(25,26)24-13-11-23(12-14-24)17-6-4-5-16(22)15-17/h2-10,15H,11-14H2,1H3. The Morgan fingerprint density at radius 1 is 0.893 bits per heavy atom. The van der Waals surface area contributed by atoms with Crippen LogP contribution in [0.5, 0.6) is 5.75 Å². The van der Waals surface area contributed by atoms with Gasteiger partial charge in [-0.2, -0.15) is 4.31 Å². The minimum absolute atomic E-state index is 0.320. The molecule has 28 heavy (non-hydrogen) atoms. The van der Waals surface area contributed by atoms with Crippen molar-refractivity contribution in [1.29, 1.82) is 0 Å². The zero-order valence-electron chi connectivity index (χ0n) is 15.5. The van der Waals surface area contributed by atoms with Crippen molar-refractivity contribution in [3.8, 4) is 5.75 Å². The van der Waals surface area contributed by atoms with Gasteiger partial charge in [0.25, 0.3) is 0 Å². The first-order valence-corrected chi connectivity index (χ1v) is 10.9. The molecular formula is C21H21ClN2O3S. The zero-order valence-corrected chi connectivity index (χ0v) is 17.1. The molecule has 0 N–H and O–H groups in total. The Labute approximate surface area is 170 Å². The number of nitrogens with zero attached hydrogens (tertiary/aromatic N) is 2. The predicted octanol–water partition coefficient (Wildman–Crippen LogP) is 4.01. The third-order valence-corrected chi connectivity index (χ3v) is 7.29. The first-order chi connectivity index (χ1) is 13.5. The molecule has 1 saturated heterocycles. The van der Waals surface area contributed by atoms with Crippen LogP contribution in [0.1, 0.15) is 0 Å². The fourth-order valence-corrected chi connectivity index (χ4v) is 5.45. The Morgan fingerprint density at radius 3 is 2.29 bits per heavy atom. The number of benzene rings is 3. The van der Waals surface area contributed by atoms with E-state index in [2.05, 4.69) is 4.90 Å². The van der Waals surface area contributed by atoms with Gasteiger partial charge in [0.15, 0.2) is 0 Å². The topological polar surface area (TPSA) is 49.9 Å². The summed E-state index contributed by atoms with van der Waals surface area (Å²) < 4.78 is 33.6. The minimum Gasteiger partial charge on any atom is -0.496 e. The van der Waals surface area contributed by atoms with Crippen LogP contribution in [0.15, 0.2) is 65.6 Å². The average Bonchev–Trinajstić information content (AvgIpc) is 2.73. The normalized spacial score (nSPS) is 15.7. The molecule has 146 valence electrons. The number of hydrogen-bond donors (Lipinski definition) is 0. The van der Waals surface area contributed by atoms with E-state index in [1.165, 1.54) is 0 Å². The fourth-order valence-electron chi connectivity index (χ4n) is 3.65. The summed E-state index contributed by atoms with van der Waals surface area (Å²) in [4.78, 5) is 2.48. The monoisotopic (exact) mass is 416 g/mol. The number of methoxy groups -OCH3 is 1. The number of rotatable bonds is 4. The van der Waals surface area contributed by atoms with Crippen LogP contribution in [-0.2, 0) is 10.0 Å². The maximum atomic E-state index is 13.3. The number of anilines is 1. The lowest BCUT2D eigenvalue weighted by Crippen LogP contribution is -2.48. The van der Waals surface area contributed by atoms with Gasteiger partial charge in [-0.3, -0.25) is 0 Å². The summed E-state index contributed by atoms with van der Waals surface area (Å²) in [6.07, 6.45) is 0. The van der Waals surface area contributed by atoms with Crippen LogP contribution in [0.4, 0.5) is 5.69 Å². The highest BCUT2D eigenvalue weighted by molar-refractivity contribution is 7.89. The molecule has 4 rings (SSSR count). The zero-order chi connectivity index (χ0) is 19.7. The molecule has 1 aliphatic heterocycles. The third-order valence-electron chi connectivity index (χ3n) is 5.09. The van der Waals surface area contributed by atoms with Gasteiger partial charge in [0.1, 0.15) is 5.75 Å². The van der Waals surface area contributed by atoms with Gasteiger partial charge in [-0.15, -0.1) is 0 Å².